The third-order valence-corrected chi connectivity index (χ3v) is 7.92. The molecule has 1 N–H and O–H groups in total. The highest BCUT2D eigenvalue weighted by Gasteiger charge is 2.43. The fourth-order valence-electron chi connectivity index (χ4n) is 5.97. The standard InChI is InChI=1S/C26H39N5O2/c1-4-31-25-21(16-27-31)24(29-20-9-7-6-8-10-20)23(18(3)28-25)22-15-26(33-30-22)13-11-19(12-14-26)17-32-5-2/h16,19-20H,4-15,17H2,1-3H3,(H,28,29). The van der Waals surface area contributed by atoms with Gasteiger partial charge in [-0.2, -0.15) is 5.10 Å². The van der Waals surface area contributed by atoms with E-state index in [0.717, 1.165) is 85.6 Å². The zero-order valence-electron chi connectivity index (χ0n) is 20.5. The third-order valence-electron chi connectivity index (χ3n) is 7.92. The van der Waals surface area contributed by atoms with Gasteiger partial charge >= 0.3 is 0 Å². The van der Waals surface area contributed by atoms with E-state index in [9.17, 15) is 0 Å². The van der Waals surface area contributed by atoms with Crippen molar-refractivity contribution in [1.82, 2.24) is 14.8 Å². The molecular formula is C26H39N5O2. The van der Waals surface area contributed by atoms with Gasteiger partial charge in [-0.05, 0) is 65.2 Å². The number of aromatic nitrogens is 3. The van der Waals surface area contributed by atoms with E-state index in [1.807, 2.05) is 10.9 Å². The predicted octanol–water partition coefficient (Wildman–Crippen LogP) is 5.59. The number of oxime groups is 1. The molecule has 0 aromatic carbocycles. The highest BCUT2D eigenvalue weighted by atomic mass is 16.7. The van der Waals surface area contributed by atoms with Gasteiger partial charge in [-0.3, -0.25) is 0 Å². The summed E-state index contributed by atoms with van der Waals surface area (Å²) < 4.78 is 7.67. The zero-order chi connectivity index (χ0) is 22.8. The molecule has 0 bridgehead atoms. The second-order valence-electron chi connectivity index (χ2n) is 10.2. The average molecular weight is 454 g/mol. The monoisotopic (exact) mass is 453 g/mol. The first-order valence-electron chi connectivity index (χ1n) is 13.1. The maximum Gasteiger partial charge on any atom is 0.160 e. The molecule has 0 unspecified atom stereocenters. The van der Waals surface area contributed by atoms with Crippen LogP contribution >= 0.6 is 0 Å². The highest BCUT2D eigenvalue weighted by Crippen LogP contribution is 2.43. The van der Waals surface area contributed by atoms with Gasteiger partial charge in [0.15, 0.2) is 5.65 Å². The fraction of sp³-hybridized carbons (Fsp3) is 0.731. The molecule has 1 aliphatic heterocycles. The van der Waals surface area contributed by atoms with Crippen LogP contribution in [0.5, 0.6) is 0 Å². The largest absolute Gasteiger partial charge is 0.389 e. The molecular weight excluding hydrogens is 414 g/mol. The molecule has 1 spiro atoms. The fourth-order valence-corrected chi connectivity index (χ4v) is 5.97. The van der Waals surface area contributed by atoms with Gasteiger partial charge in [0.05, 0.1) is 28.7 Å². The Bertz CT molecular complexity index is 1000. The summed E-state index contributed by atoms with van der Waals surface area (Å²) in [7, 11) is 0. The minimum Gasteiger partial charge on any atom is -0.389 e. The first-order chi connectivity index (χ1) is 16.1. The van der Waals surface area contributed by atoms with E-state index in [1.54, 1.807) is 0 Å². The molecule has 2 saturated carbocycles. The molecule has 180 valence electrons. The molecule has 7 nitrogen and oxygen atoms in total. The molecule has 0 radical (unpaired) electrons. The van der Waals surface area contributed by atoms with Crippen molar-refractivity contribution in [3.8, 4) is 0 Å². The molecule has 0 saturated heterocycles. The van der Waals surface area contributed by atoms with Crippen molar-refractivity contribution in [3.63, 3.8) is 0 Å². The van der Waals surface area contributed by atoms with E-state index in [-0.39, 0.29) is 5.60 Å². The zero-order valence-corrected chi connectivity index (χ0v) is 20.5. The summed E-state index contributed by atoms with van der Waals surface area (Å²) in [6.07, 6.45) is 13.6. The number of nitrogens with one attached hydrogen (secondary N) is 1. The summed E-state index contributed by atoms with van der Waals surface area (Å²) >= 11 is 0. The topological polar surface area (TPSA) is 73.6 Å². The Morgan fingerprint density at radius 2 is 1.94 bits per heavy atom. The Balaban J connectivity index is 1.43. The van der Waals surface area contributed by atoms with Crippen molar-refractivity contribution in [2.45, 2.75) is 103 Å². The van der Waals surface area contributed by atoms with E-state index in [1.165, 1.54) is 32.1 Å². The maximum atomic E-state index is 6.21. The maximum absolute atomic E-state index is 6.21. The van der Waals surface area contributed by atoms with Crippen LogP contribution in [-0.2, 0) is 16.1 Å². The van der Waals surface area contributed by atoms with E-state index in [2.05, 4.69) is 31.2 Å². The van der Waals surface area contributed by atoms with Crippen LogP contribution in [-0.4, -0.2) is 45.3 Å². The van der Waals surface area contributed by atoms with Crippen LogP contribution in [0.2, 0.25) is 0 Å². The molecule has 33 heavy (non-hydrogen) atoms. The van der Waals surface area contributed by atoms with Crippen LogP contribution in [0, 0.1) is 12.8 Å². The van der Waals surface area contributed by atoms with E-state index in [4.69, 9.17) is 19.7 Å². The molecule has 3 aliphatic rings. The normalized spacial score (nSPS) is 26.0. The number of nitrogens with zero attached hydrogens (tertiary/aromatic N) is 4. The van der Waals surface area contributed by atoms with Crippen molar-refractivity contribution in [2.75, 3.05) is 18.5 Å². The van der Waals surface area contributed by atoms with Crippen LogP contribution in [0.3, 0.4) is 0 Å². The molecule has 0 amide bonds. The van der Waals surface area contributed by atoms with Crippen molar-refractivity contribution >= 4 is 22.4 Å². The Labute approximate surface area is 197 Å². The van der Waals surface area contributed by atoms with Gasteiger partial charge in [-0.1, -0.05) is 24.4 Å². The minimum absolute atomic E-state index is 0.158. The summed E-state index contributed by atoms with van der Waals surface area (Å²) in [5.41, 5.74) is 5.16. The van der Waals surface area contributed by atoms with Gasteiger partial charge in [0.2, 0.25) is 0 Å². The van der Waals surface area contributed by atoms with Gasteiger partial charge < -0.3 is 14.9 Å². The minimum atomic E-state index is -0.158. The van der Waals surface area contributed by atoms with Crippen molar-refractivity contribution < 1.29 is 9.57 Å². The average Bonchev–Trinajstić information content (AvgIpc) is 3.43. The lowest BCUT2D eigenvalue weighted by molar-refractivity contribution is -0.0614. The summed E-state index contributed by atoms with van der Waals surface area (Å²) in [4.78, 5) is 11.2. The first kappa shape index (κ1) is 22.6. The Kier molecular flexibility index (Phi) is 6.59. The molecule has 5 rings (SSSR count). The SMILES string of the molecule is CCOCC1CCC2(CC1)CC(c1c(C)nc3c(cnn3CC)c1NC1CCCCC1)=NO2. The van der Waals surface area contributed by atoms with Gasteiger partial charge in [0.1, 0.15) is 5.60 Å². The predicted molar refractivity (Wildman–Crippen MR) is 132 cm³/mol. The van der Waals surface area contributed by atoms with Crippen molar-refractivity contribution in [3.05, 3.63) is 17.5 Å². The number of hydrogen-bond acceptors (Lipinski definition) is 6. The lowest BCUT2D eigenvalue weighted by Gasteiger charge is -2.34. The summed E-state index contributed by atoms with van der Waals surface area (Å²) in [5.74, 6) is 0.645. The van der Waals surface area contributed by atoms with Crippen LogP contribution in [0.15, 0.2) is 11.4 Å². The number of pyridine rings is 1. The van der Waals surface area contributed by atoms with Crippen LogP contribution in [0.25, 0.3) is 11.0 Å². The quantitative estimate of drug-likeness (QED) is 0.591. The molecule has 0 atom stereocenters. The second kappa shape index (κ2) is 9.61. The lowest BCUT2D eigenvalue weighted by atomic mass is 9.76. The van der Waals surface area contributed by atoms with Crippen LogP contribution < -0.4 is 5.32 Å². The summed E-state index contributed by atoms with van der Waals surface area (Å²) in [6.45, 7) is 8.78. The number of anilines is 1. The molecule has 2 aromatic rings. The highest BCUT2D eigenvalue weighted by molar-refractivity contribution is 6.11. The Hall–Kier alpha value is -2.15. The van der Waals surface area contributed by atoms with E-state index < -0.39 is 0 Å². The molecule has 2 fully saturated rings. The Morgan fingerprint density at radius 3 is 2.67 bits per heavy atom. The lowest BCUT2D eigenvalue weighted by Crippen LogP contribution is -2.35. The van der Waals surface area contributed by atoms with E-state index >= 15 is 0 Å². The number of aryl methyl sites for hydroxylation is 2. The second-order valence-corrected chi connectivity index (χ2v) is 10.2. The van der Waals surface area contributed by atoms with Gasteiger partial charge in [0, 0.05) is 37.8 Å². The van der Waals surface area contributed by atoms with Gasteiger partial charge in [0.25, 0.3) is 0 Å². The molecule has 7 heteroatoms. The van der Waals surface area contributed by atoms with Crippen LogP contribution in [0.1, 0.15) is 89.3 Å². The molecule has 2 aromatic heterocycles. The first-order valence-corrected chi connectivity index (χ1v) is 13.1. The number of hydrogen-bond donors (Lipinski definition) is 1. The molecule has 2 aliphatic carbocycles. The van der Waals surface area contributed by atoms with E-state index in [0.29, 0.717) is 12.0 Å². The Morgan fingerprint density at radius 1 is 1.15 bits per heavy atom. The number of fused-ring (bicyclic) bond motifs is 1. The van der Waals surface area contributed by atoms with Crippen LogP contribution in [0.4, 0.5) is 5.69 Å². The smallest absolute Gasteiger partial charge is 0.160 e. The third kappa shape index (κ3) is 4.48. The molecule has 3 heterocycles. The number of rotatable bonds is 7. The number of ether oxygens (including phenoxy) is 1. The summed E-state index contributed by atoms with van der Waals surface area (Å²) in [6, 6.07) is 0.498. The van der Waals surface area contributed by atoms with Gasteiger partial charge in [-0.15, -0.1) is 0 Å². The van der Waals surface area contributed by atoms with Gasteiger partial charge in [-0.25, -0.2) is 9.67 Å². The summed E-state index contributed by atoms with van der Waals surface area (Å²) in [5, 5.41) is 14.3. The van der Waals surface area contributed by atoms with Crippen molar-refractivity contribution in [2.24, 2.45) is 11.1 Å². The van der Waals surface area contributed by atoms with Crippen molar-refractivity contribution in [1.29, 1.82) is 0 Å².